The highest BCUT2D eigenvalue weighted by Gasteiger charge is 2.23. The van der Waals surface area contributed by atoms with Gasteiger partial charge >= 0.3 is 0 Å². The van der Waals surface area contributed by atoms with Crippen LogP contribution in [0.5, 0.6) is 0 Å². The predicted molar refractivity (Wildman–Crippen MR) is 99.5 cm³/mol. The van der Waals surface area contributed by atoms with E-state index in [0.717, 1.165) is 37.6 Å². The molecule has 0 saturated heterocycles. The van der Waals surface area contributed by atoms with Crippen molar-refractivity contribution in [2.24, 2.45) is 10.9 Å². The molecule has 0 amide bonds. The van der Waals surface area contributed by atoms with Gasteiger partial charge in [-0.1, -0.05) is 30.3 Å². The normalized spacial score (nSPS) is 24.6. The van der Waals surface area contributed by atoms with Crippen molar-refractivity contribution in [2.45, 2.75) is 50.5 Å². The molecule has 2 saturated carbocycles. The molecular weight excluding hydrogens is 298 g/mol. The molecule has 132 valence electrons. The first-order chi connectivity index (χ1) is 11.8. The van der Waals surface area contributed by atoms with Gasteiger partial charge in [-0.2, -0.15) is 0 Å². The molecule has 2 aliphatic carbocycles. The van der Waals surface area contributed by atoms with E-state index in [2.05, 4.69) is 46.0 Å². The van der Waals surface area contributed by atoms with Crippen LogP contribution in [0.3, 0.4) is 0 Å². The lowest BCUT2D eigenvalue weighted by molar-refractivity contribution is 0.129. The average Bonchev–Trinajstić information content (AvgIpc) is 3.46. The van der Waals surface area contributed by atoms with Gasteiger partial charge in [-0.15, -0.1) is 0 Å². The summed E-state index contributed by atoms with van der Waals surface area (Å²) in [4.78, 5) is 4.34. The molecule has 4 heteroatoms. The van der Waals surface area contributed by atoms with E-state index in [1.807, 2.05) is 7.05 Å². The van der Waals surface area contributed by atoms with Crippen molar-refractivity contribution >= 4 is 5.96 Å². The van der Waals surface area contributed by atoms with Crippen LogP contribution < -0.4 is 10.6 Å². The summed E-state index contributed by atoms with van der Waals surface area (Å²) < 4.78 is 5.66. The minimum atomic E-state index is 0.531. The van der Waals surface area contributed by atoms with Crippen LogP contribution in [0, 0.1) is 5.92 Å². The van der Waals surface area contributed by atoms with E-state index >= 15 is 0 Å². The molecule has 4 nitrogen and oxygen atoms in total. The maximum absolute atomic E-state index is 5.66. The monoisotopic (exact) mass is 329 g/mol. The Bertz CT molecular complexity index is 505. The molecule has 0 radical (unpaired) electrons. The second kappa shape index (κ2) is 9.07. The van der Waals surface area contributed by atoms with Gasteiger partial charge in [0.25, 0.3) is 0 Å². The first kappa shape index (κ1) is 17.3. The van der Waals surface area contributed by atoms with Gasteiger partial charge in [0.15, 0.2) is 5.96 Å². The number of hydrogen-bond acceptors (Lipinski definition) is 2. The number of benzene rings is 1. The number of hydrogen-bond donors (Lipinski definition) is 2. The number of aliphatic imine (C=N–C) groups is 1. The van der Waals surface area contributed by atoms with Crippen LogP contribution in [-0.4, -0.2) is 38.8 Å². The minimum absolute atomic E-state index is 0.531. The predicted octanol–water partition coefficient (Wildman–Crippen LogP) is 3.30. The van der Waals surface area contributed by atoms with Crippen molar-refractivity contribution in [3.05, 3.63) is 35.9 Å². The number of ether oxygens (including phenoxy) is 1. The summed E-state index contributed by atoms with van der Waals surface area (Å²) in [7, 11) is 1.84. The second-order valence-corrected chi connectivity index (χ2v) is 7.12. The Labute approximate surface area is 146 Å². The van der Waals surface area contributed by atoms with Gasteiger partial charge in [-0.25, -0.2) is 0 Å². The summed E-state index contributed by atoms with van der Waals surface area (Å²) >= 11 is 0. The van der Waals surface area contributed by atoms with Crippen molar-refractivity contribution in [1.82, 2.24) is 10.6 Å². The van der Waals surface area contributed by atoms with E-state index in [1.54, 1.807) is 0 Å². The van der Waals surface area contributed by atoms with Gasteiger partial charge in [0.2, 0.25) is 0 Å². The molecule has 0 atom stereocenters. The van der Waals surface area contributed by atoms with Gasteiger partial charge in [0.1, 0.15) is 0 Å². The molecular formula is C20H31N3O. The molecule has 2 aliphatic rings. The maximum atomic E-state index is 5.66. The molecule has 0 aromatic heterocycles. The third-order valence-electron chi connectivity index (χ3n) is 5.15. The molecule has 0 aliphatic heterocycles. The topological polar surface area (TPSA) is 45.7 Å². The molecule has 0 heterocycles. The number of rotatable bonds is 7. The molecule has 1 aromatic carbocycles. The maximum Gasteiger partial charge on any atom is 0.191 e. The lowest BCUT2D eigenvalue weighted by Crippen LogP contribution is -2.45. The van der Waals surface area contributed by atoms with Gasteiger partial charge < -0.3 is 15.4 Å². The van der Waals surface area contributed by atoms with Crippen LogP contribution in [0.1, 0.15) is 50.0 Å². The lowest BCUT2D eigenvalue weighted by Gasteiger charge is -2.30. The van der Waals surface area contributed by atoms with Gasteiger partial charge in [-0.3, -0.25) is 4.99 Å². The third-order valence-corrected chi connectivity index (χ3v) is 5.15. The summed E-state index contributed by atoms with van der Waals surface area (Å²) in [5.74, 6) is 2.46. The Morgan fingerprint density at radius 1 is 1.08 bits per heavy atom. The van der Waals surface area contributed by atoms with Gasteiger partial charge in [-0.05, 0) is 55.9 Å². The van der Waals surface area contributed by atoms with Crippen LogP contribution in [0.2, 0.25) is 0 Å². The molecule has 0 spiro atoms. The zero-order valence-corrected chi connectivity index (χ0v) is 14.8. The molecule has 1 aromatic rings. The highest BCUT2D eigenvalue weighted by molar-refractivity contribution is 5.79. The minimum Gasteiger partial charge on any atom is -0.379 e. The Kier molecular flexibility index (Phi) is 6.53. The Hall–Kier alpha value is -1.55. The van der Waals surface area contributed by atoms with Gasteiger partial charge in [0, 0.05) is 26.2 Å². The standard InChI is InChI=1S/C20H31N3O/c1-21-20(22-13-14-24-15-16-7-8-16)23-19-11-9-18(10-12-19)17-5-3-2-4-6-17/h2-6,16,18-19H,7-15H2,1H3,(H2,21,22,23). The van der Waals surface area contributed by atoms with Gasteiger partial charge in [0.05, 0.1) is 6.61 Å². The fourth-order valence-electron chi connectivity index (χ4n) is 3.46. The summed E-state index contributed by atoms with van der Waals surface area (Å²) in [5.41, 5.74) is 1.49. The molecule has 2 N–H and O–H groups in total. The molecule has 3 rings (SSSR count). The fourth-order valence-corrected chi connectivity index (χ4v) is 3.46. The quantitative estimate of drug-likeness (QED) is 0.458. The Morgan fingerprint density at radius 3 is 2.50 bits per heavy atom. The first-order valence-electron chi connectivity index (χ1n) is 9.45. The number of nitrogens with zero attached hydrogens (tertiary/aromatic N) is 1. The van der Waals surface area contributed by atoms with E-state index in [9.17, 15) is 0 Å². The largest absolute Gasteiger partial charge is 0.379 e. The van der Waals surface area contributed by atoms with E-state index in [1.165, 1.54) is 44.1 Å². The first-order valence-corrected chi connectivity index (χ1v) is 9.45. The molecule has 0 unspecified atom stereocenters. The van der Waals surface area contributed by atoms with Crippen LogP contribution >= 0.6 is 0 Å². The van der Waals surface area contributed by atoms with Crippen molar-refractivity contribution in [3.63, 3.8) is 0 Å². The van der Waals surface area contributed by atoms with E-state index in [0.29, 0.717) is 6.04 Å². The van der Waals surface area contributed by atoms with Crippen LogP contribution in [0.25, 0.3) is 0 Å². The highest BCUT2D eigenvalue weighted by Crippen LogP contribution is 2.32. The average molecular weight is 329 g/mol. The highest BCUT2D eigenvalue weighted by atomic mass is 16.5. The van der Waals surface area contributed by atoms with Crippen LogP contribution in [0.15, 0.2) is 35.3 Å². The smallest absolute Gasteiger partial charge is 0.191 e. The zero-order chi connectivity index (χ0) is 16.6. The molecule has 2 fully saturated rings. The number of guanidine groups is 1. The van der Waals surface area contributed by atoms with Crippen molar-refractivity contribution in [2.75, 3.05) is 26.8 Å². The SMILES string of the molecule is CN=C(NCCOCC1CC1)NC1CCC(c2ccccc2)CC1. The molecule has 24 heavy (non-hydrogen) atoms. The van der Waals surface area contributed by atoms with E-state index in [4.69, 9.17) is 4.74 Å². The third kappa shape index (κ3) is 5.52. The molecule has 0 bridgehead atoms. The lowest BCUT2D eigenvalue weighted by atomic mass is 9.82. The van der Waals surface area contributed by atoms with Crippen molar-refractivity contribution < 1.29 is 4.74 Å². The summed E-state index contributed by atoms with van der Waals surface area (Å²) in [6.45, 7) is 2.51. The summed E-state index contributed by atoms with van der Waals surface area (Å²) in [6.07, 6.45) is 7.62. The number of nitrogens with one attached hydrogen (secondary N) is 2. The second-order valence-electron chi connectivity index (χ2n) is 7.12. The fraction of sp³-hybridized carbons (Fsp3) is 0.650. The summed E-state index contributed by atoms with van der Waals surface area (Å²) in [6, 6.07) is 11.5. The van der Waals surface area contributed by atoms with E-state index < -0.39 is 0 Å². The van der Waals surface area contributed by atoms with Crippen molar-refractivity contribution in [3.8, 4) is 0 Å². The van der Waals surface area contributed by atoms with Crippen LogP contribution in [0.4, 0.5) is 0 Å². The Morgan fingerprint density at radius 2 is 1.83 bits per heavy atom. The summed E-state index contributed by atoms with van der Waals surface area (Å²) in [5, 5.41) is 6.94. The zero-order valence-electron chi connectivity index (χ0n) is 14.8. The Balaban J connectivity index is 1.33. The van der Waals surface area contributed by atoms with Crippen molar-refractivity contribution in [1.29, 1.82) is 0 Å². The van der Waals surface area contributed by atoms with E-state index in [-0.39, 0.29) is 0 Å². The van der Waals surface area contributed by atoms with Crippen LogP contribution in [-0.2, 0) is 4.74 Å².